The van der Waals surface area contributed by atoms with Gasteiger partial charge >= 0.3 is 0 Å². The highest BCUT2D eigenvalue weighted by Crippen LogP contribution is 2.32. The molecule has 0 spiro atoms. The first-order chi connectivity index (χ1) is 9.16. The van der Waals surface area contributed by atoms with Crippen LogP contribution >= 0.6 is 0 Å². The summed E-state index contributed by atoms with van der Waals surface area (Å²) in [6.07, 6.45) is 2.24. The fourth-order valence-electron chi connectivity index (χ4n) is 2.22. The molecule has 2 N–H and O–H groups in total. The molecule has 3 heteroatoms. The number of benzene rings is 1. The molecular weight excluding hydrogens is 238 g/mol. The molecule has 1 aliphatic rings. The van der Waals surface area contributed by atoms with Crippen LogP contribution in [0.25, 0.3) is 0 Å². The monoisotopic (exact) mass is 263 g/mol. The van der Waals surface area contributed by atoms with E-state index in [0.717, 1.165) is 11.5 Å². The number of hydrogen-bond acceptors (Lipinski definition) is 3. The molecule has 0 aromatic heterocycles. The van der Waals surface area contributed by atoms with E-state index in [1.165, 1.54) is 12.8 Å². The highest BCUT2D eigenvalue weighted by Gasteiger charge is 2.27. The van der Waals surface area contributed by atoms with Gasteiger partial charge in [0.25, 0.3) is 0 Å². The van der Waals surface area contributed by atoms with E-state index in [9.17, 15) is 5.11 Å². The zero-order valence-electron chi connectivity index (χ0n) is 11.9. The van der Waals surface area contributed by atoms with Gasteiger partial charge in [-0.2, -0.15) is 0 Å². The molecule has 1 aromatic rings. The van der Waals surface area contributed by atoms with Crippen LogP contribution in [0.15, 0.2) is 30.3 Å². The molecule has 0 amide bonds. The molecular formula is C16H25NO2. The summed E-state index contributed by atoms with van der Waals surface area (Å²) < 4.78 is 5.71. The van der Waals surface area contributed by atoms with Gasteiger partial charge in [0.15, 0.2) is 0 Å². The van der Waals surface area contributed by atoms with E-state index in [2.05, 4.69) is 12.2 Å². The molecule has 1 aromatic carbocycles. The van der Waals surface area contributed by atoms with E-state index in [1.807, 2.05) is 37.3 Å². The van der Waals surface area contributed by atoms with Crippen LogP contribution in [0.4, 0.5) is 0 Å². The van der Waals surface area contributed by atoms with Crippen LogP contribution in [0.1, 0.15) is 38.4 Å². The maximum atomic E-state index is 9.91. The average molecular weight is 263 g/mol. The summed E-state index contributed by atoms with van der Waals surface area (Å²) in [5.74, 6) is 0.816. The van der Waals surface area contributed by atoms with Crippen molar-refractivity contribution in [3.63, 3.8) is 0 Å². The Morgan fingerprint density at radius 1 is 1.26 bits per heavy atom. The second-order valence-corrected chi connectivity index (χ2v) is 5.57. The Hall–Kier alpha value is -0.900. The van der Waals surface area contributed by atoms with Crippen LogP contribution in [0.3, 0.4) is 0 Å². The smallest absolute Gasteiger partial charge is 0.0898 e. The molecule has 0 saturated heterocycles. The Bertz CT molecular complexity index is 364. The Labute approximate surface area is 116 Å². The van der Waals surface area contributed by atoms with Gasteiger partial charge in [-0.3, -0.25) is 0 Å². The Morgan fingerprint density at radius 2 is 1.95 bits per heavy atom. The van der Waals surface area contributed by atoms with Crippen molar-refractivity contribution in [2.45, 2.75) is 44.9 Å². The predicted molar refractivity (Wildman–Crippen MR) is 77.0 cm³/mol. The third-order valence-corrected chi connectivity index (χ3v) is 3.81. The molecule has 106 valence electrons. The fraction of sp³-hybridized carbons (Fsp3) is 0.625. The van der Waals surface area contributed by atoms with Crippen molar-refractivity contribution in [1.82, 2.24) is 5.32 Å². The summed E-state index contributed by atoms with van der Waals surface area (Å²) >= 11 is 0. The number of ether oxygens (including phenoxy) is 1. The SMILES string of the molecule is CC(OCC(O)CNC(C)C1CC1)c1ccccc1. The molecule has 0 radical (unpaired) electrons. The summed E-state index contributed by atoms with van der Waals surface area (Å²) in [5.41, 5.74) is 1.15. The second kappa shape index (κ2) is 7.04. The summed E-state index contributed by atoms with van der Waals surface area (Å²) in [6, 6.07) is 10.6. The van der Waals surface area contributed by atoms with Crippen molar-refractivity contribution in [3.8, 4) is 0 Å². The van der Waals surface area contributed by atoms with Crippen LogP contribution in [0.5, 0.6) is 0 Å². The van der Waals surface area contributed by atoms with E-state index < -0.39 is 6.10 Å². The Morgan fingerprint density at radius 3 is 2.58 bits per heavy atom. The van der Waals surface area contributed by atoms with Gasteiger partial charge in [-0.25, -0.2) is 0 Å². The van der Waals surface area contributed by atoms with Crippen molar-refractivity contribution < 1.29 is 9.84 Å². The van der Waals surface area contributed by atoms with Crippen LogP contribution in [-0.2, 0) is 4.74 Å². The van der Waals surface area contributed by atoms with Crippen molar-refractivity contribution in [2.75, 3.05) is 13.2 Å². The van der Waals surface area contributed by atoms with Crippen molar-refractivity contribution in [1.29, 1.82) is 0 Å². The minimum atomic E-state index is -0.438. The maximum absolute atomic E-state index is 9.91. The van der Waals surface area contributed by atoms with Gasteiger partial charge in [-0.15, -0.1) is 0 Å². The van der Waals surface area contributed by atoms with Crippen molar-refractivity contribution in [3.05, 3.63) is 35.9 Å². The molecule has 3 atom stereocenters. The normalized spacial score (nSPS) is 19.9. The number of aliphatic hydroxyl groups is 1. The number of nitrogens with one attached hydrogen (secondary N) is 1. The van der Waals surface area contributed by atoms with Gasteiger partial charge in [-0.05, 0) is 38.2 Å². The van der Waals surface area contributed by atoms with E-state index in [-0.39, 0.29) is 6.10 Å². The zero-order valence-corrected chi connectivity index (χ0v) is 11.9. The molecule has 3 nitrogen and oxygen atoms in total. The van der Waals surface area contributed by atoms with Gasteiger partial charge in [0, 0.05) is 12.6 Å². The average Bonchev–Trinajstić information content (AvgIpc) is 3.27. The van der Waals surface area contributed by atoms with Gasteiger partial charge in [-0.1, -0.05) is 30.3 Å². The fourth-order valence-corrected chi connectivity index (χ4v) is 2.22. The summed E-state index contributed by atoms with van der Waals surface area (Å²) in [4.78, 5) is 0. The Balaban J connectivity index is 1.64. The van der Waals surface area contributed by atoms with E-state index >= 15 is 0 Å². The molecule has 19 heavy (non-hydrogen) atoms. The standard InChI is InChI=1S/C16H25NO2/c1-12(14-8-9-14)17-10-16(18)11-19-13(2)15-6-4-3-5-7-15/h3-7,12-14,16-18H,8-11H2,1-2H3. The molecule has 1 fully saturated rings. The summed E-state index contributed by atoms with van der Waals surface area (Å²) in [7, 11) is 0. The number of aliphatic hydroxyl groups excluding tert-OH is 1. The van der Waals surface area contributed by atoms with E-state index in [0.29, 0.717) is 19.2 Å². The first-order valence-electron chi connectivity index (χ1n) is 7.25. The Kier molecular flexibility index (Phi) is 5.37. The van der Waals surface area contributed by atoms with Gasteiger partial charge < -0.3 is 15.2 Å². The van der Waals surface area contributed by atoms with Crippen LogP contribution in [-0.4, -0.2) is 30.4 Å². The lowest BCUT2D eigenvalue weighted by atomic mass is 10.1. The third kappa shape index (κ3) is 4.94. The lowest BCUT2D eigenvalue weighted by Crippen LogP contribution is -2.37. The quantitative estimate of drug-likeness (QED) is 0.757. The third-order valence-electron chi connectivity index (χ3n) is 3.81. The van der Waals surface area contributed by atoms with Crippen LogP contribution in [0, 0.1) is 5.92 Å². The maximum Gasteiger partial charge on any atom is 0.0898 e. The van der Waals surface area contributed by atoms with Gasteiger partial charge in [0.2, 0.25) is 0 Å². The number of rotatable bonds is 8. The summed E-state index contributed by atoms with van der Waals surface area (Å²) in [6.45, 7) is 5.19. The molecule has 1 aliphatic carbocycles. The largest absolute Gasteiger partial charge is 0.389 e. The highest BCUT2D eigenvalue weighted by molar-refractivity contribution is 5.16. The second-order valence-electron chi connectivity index (χ2n) is 5.57. The van der Waals surface area contributed by atoms with E-state index in [1.54, 1.807) is 0 Å². The molecule has 0 bridgehead atoms. The predicted octanol–water partition coefficient (Wildman–Crippen LogP) is 2.51. The van der Waals surface area contributed by atoms with Crippen LogP contribution in [0.2, 0.25) is 0 Å². The van der Waals surface area contributed by atoms with Crippen LogP contribution < -0.4 is 5.32 Å². The van der Waals surface area contributed by atoms with Gasteiger partial charge in [0.05, 0.1) is 18.8 Å². The lowest BCUT2D eigenvalue weighted by Gasteiger charge is -2.19. The lowest BCUT2D eigenvalue weighted by molar-refractivity contribution is -0.00293. The zero-order chi connectivity index (χ0) is 13.7. The topological polar surface area (TPSA) is 41.5 Å². The van der Waals surface area contributed by atoms with E-state index in [4.69, 9.17) is 4.74 Å². The number of hydrogen-bond donors (Lipinski definition) is 2. The minimum Gasteiger partial charge on any atom is -0.389 e. The molecule has 1 saturated carbocycles. The van der Waals surface area contributed by atoms with Gasteiger partial charge in [0.1, 0.15) is 0 Å². The molecule has 3 unspecified atom stereocenters. The first kappa shape index (κ1) is 14.5. The molecule has 2 rings (SSSR count). The first-order valence-corrected chi connectivity index (χ1v) is 7.25. The molecule has 0 heterocycles. The summed E-state index contributed by atoms with van der Waals surface area (Å²) in [5, 5.41) is 13.3. The molecule has 0 aliphatic heterocycles. The van der Waals surface area contributed by atoms with Crippen molar-refractivity contribution in [2.24, 2.45) is 5.92 Å². The van der Waals surface area contributed by atoms with Crippen molar-refractivity contribution >= 4 is 0 Å². The highest BCUT2D eigenvalue weighted by atomic mass is 16.5. The minimum absolute atomic E-state index is 0.0247.